The van der Waals surface area contributed by atoms with Crippen LogP contribution in [0.15, 0.2) is 24.3 Å². The molecule has 0 aromatic heterocycles. The monoisotopic (exact) mass is 298 g/mol. The molecule has 0 saturated heterocycles. The molecule has 1 aromatic carbocycles. The van der Waals surface area contributed by atoms with Crippen molar-refractivity contribution in [2.75, 3.05) is 7.05 Å². The van der Waals surface area contributed by atoms with Crippen molar-refractivity contribution < 1.29 is 47.4 Å². The summed E-state index contributed by atoms with van der Waals surface area (Å²) in [6.07, 6.45) is 0. The predicted molar refractivity (Wildman–Crippen MR) is 56.5 cm³/mol. The van der Waals surface area contributed by atoms with Crippen molar-refractivity contribution >= 4 is 11.8 Å². The minimum absolute atomic E-state index is 0. The van der Waals surface area contributed by atoms with Gasteiger partial charge in [-0.2, -0.15) is 0 Å². The molecule has 0 saturated carbocycles. The molecule has 1 aromatic rings. The number of nitrogens with one attached hydrogen (secondary N) is 2. The second-order valence-corrected chi connectivity index (χ2v) is 2.68. The number of benzene rings is 1. The van der Waals surface area contributed by atoms with Crippen molar-refractivity contribution in [1.82, 2.24) is 5.32 Å². The zero-order chi connectivity index (χ0) is 11.8. The molecule has 1 rings (SSSR count). The number of phenols is 1. The van der Waals surface area contributed by atoms with Crippen molar-refractivity contribution in [1.29, 1.82) is 0 Å². The number of aromatic hydroxyl groups is 1. The Balaban J connectivity index is 0. The fourth-order valence-corrected chi connectivity index (χ4v) is 0.757. The van der Waals surface area contributed by atoms with Crippen molar-refractivity contribution in [2.45, 2.75) is 6.92 Å². The summed E-state index contributed by atoms with van der Waals surface area (Å²) in [6, 6.07) is 6.08. The molecular weight excluding hydrogens is 285 g/mol. The fourth-order valence-electron chi connectivity index (χ4n) is 0.757. The van der Waals surface area contributed by atoms with E-state index in [0.717, 1.165) is 0 Å². The molecule has 6 heteroatoms. The molecule has 2 amide bonds. The summed E-state index contributed by atoms with van der Waals surface area (Å²) in [5.41, 5.74) is 6.49. The van der Waals surface area contributed by atoms with Gasteiger partial charge >= 0.3 is 0 Å². The second-order valence-electron chi connectivity index (χ2n) is 2.68. The first-order chi connectivity index (χ1) is 6.97. The topological polar surface area (TPSA) is 90.2 Å². The van der Waals surface area contributed by atoms with Gasteiger partial charge in [0.1, 0.15) is 5.75 Å². The molecule has 0 atom stereocenters. The molecule has 0 aliphatic heterocycles. The van der Waals surface area contributed by atoms with Gasteiger partial charge in [0.15, 0.2) is 0 Å². The second kappa shape index (κ2) is 9.30. The zero-order valence-corrected chi connectivity index (χ0v) is 12.0. The average molecular weight is 298 g/mol. The van der Waals surface area contributed by atoms with E-state index in [2.05, 4.69) is 5.32 Å². The number of rotatable bonds is 1. The van der Waals surface area contributed by atoms with Crippen LogP contribution in [0.3, 0.4) is 0 Å². The van der Waals surface area contributed by atoms with Crippen LogP contribution in [0.4, 0.5) is 0 Å². The smallest absolute Gasteiger partial charge is 0.251 e. The first-order valence-corrected chi connectivity index (χ1v) is 4.20. The Hall–Kier alpha value is -0.936. The van der Waals surface area contributed by atoms with Gasteiger partial charge in [-0.3, -0.25) is 4.79 Å². The molecule has 0 spiro atoms. The van der Waals surface area contributed by atoms with Crippen LogP contribution in [0.25, 0.3) is 5.73 Å². The number of hydrogen-bond donors (Lipinski definition) is 2. The Morgan fingerprint density at radius 1 is 1.25 bits per heavy atom. The summed E-state index contributed by atoms with van der Waals surface area (Å²) in [5, 5.41) is 11.4. The van der Waals surface area contributed by atoms with Crippen LogP contribution < -0.4 is 5.32 Å². The molecule has 16 heavy (non-hydrogen) atoms. The molecule has 0 heterocycles. The van der Waals surface area contributed by atoms with E-state index in [9.17, 15) is 4.79 Å². The zero-order valence-electron chi connectivity index (χ0n) is 9.15. The quantitative estimate of drug-likeness (QED) is 0.819. The van der Waals surface area contributed by atoms with Gasteiger partial charge < -0.3 is 21.0 Å². The number of hydrogen-bond acceptors (Lipinski definition) is 3. The van der Waals surface area contributed by atoms with Gasteiger partial charge in [0.2, 0.25) is 0 Å². The number of carbonyl (C=O) groups is 2. The van der Waals surface area contributed by atoms with Crippen molar-refractivity contribution in [2.24, 2.45) is 0 Å². The SMILES string of the molecule is CC([NH-])=O.CNC(=O)c1ccc(O)cc1.[Y]. The molecular formula is C10H13N2O3Y-. The number of phenolic OH excluding ortho intramolecular Hbond substituents is 1. The Morgan fingerprint density at radius 3 is 1.94 bits per heavy atom. The maximum absolute atomic E-state index is 10.9. The maximum atomic E-state index is 10.9. The van der Waals surface area contributed by atoms with E-state index in [1.165, 1.54) is 19.1 Å². The third-order valence-electron chi connectivity index (χ3n) is 1.36. The van der Waals surface area contributed by atoms with E-state index in [-0.39, 0.29) is 44.4 Å². The largest absolute Gasteiger partial charge is 0.668 e. The van der Waals surface area contributed by atoms with Crippen LogP contribution in [0, 0.1) is 0 Å². The third kappa shape index (κ3) is 8.38. The molecule has 5 nitrogen and oxygen atoms in total. The Kier molecular flexibility index (Phi) is 10.1. The third-order valence-corrected chi connectivity index (χ3v) is 1.36. The summed E-state index contributed by atoms with van der Waals surface area (Å²) >= 11 is 0. The Bertz CT molecular complexity index is 334. The van der Waals surface area contributed by atoms with Crippen molar-refractivity contribution in [3.63, 3.8) is 0 Å². The molecule has 1 radical (unpaired) electrons. The van der Waals surface area contributed by atoms with E-state index in [1.54, 1.807) is 19.2 Å². The summed E-state index contributed by atoms with van der Waals surface area (Å²) < 4.78 is 0. The molecule has 0 aliphatic carbocycles. The van der Waals surface area contributed by atoms with Crippen molar-refractivity contribution in [3.8, 4) is 5.75 Å². The predicted octanol–water partition coefficient (Wildman–Crippen LogP) is 1.33. The average Bonchev–Trinajstić information content (AvgIpc) is 2.17. The number of carbonyl (C=O) groups excluding carboxylic acids is 2. The van der Waals surface area contributed by atoms with E-state index < -0.39 is 5.91 Å². The van der Waals surface area contributed by atoms with E-state index in [1.807, 2.05) is 0 Å². The van der Waals surface area contributed by atoms with Gasteiger partial charge in [-0.1, -0.05) is 0 Å². The van der Waals surface area contributed by atoms with Gasteiger partial charge in [0.25, 0.3) is 5.91 Å². The summed E-state index contributed by atoms with van der Waals surface area (Å²) in [7, 11) is 1.56. The summed E-state index contributed by atoms with van der Waals surface area (Å²) in [5.74, 6) is -0.567. The Labute approximate surface area is 119 Å². The fraction of sp³-hybridized carbons (Fsp3) is 0.200. The Morgan fingerprint density at radius 2 is 1.62 bits per heavy atom. The van der Waals surface area contributed by atoms with Gasteiger partial charge in [-0.25, -0.2) is 0 Å². The van der Waals surface area contributed by atoms with Crippen LogP contribution >= 0.6 is 0 Å². The van der Waals surface area contributed by atoms with Gasteiger partial charge in [-0.15, -0.1) is 0 Å². The first-order valence-electron chi connectivity index (χ1n) is 4.20. The molecule has 0 fully saturated rings. The van der Waals surface area contributed by atoms with Crippen LogP contribution in [0.1, 0.15) is 17.3 Å². The summed E-state index contributed by atoms with van der Waals surface area (Å²) in [4.78, 5) is 20.0. The number of amides is 2. The van der Waals surface area contributed by atoms with E-state index in [4.69, 9.17) is 15.6 Å². The van der Waals surface area contributed by atoms with Crippen molar-refractivity contribution in [3.05, 3.63) is 35.6 Å². The normalized spacial score (nSPS) is 7.88. The molecule has 0 unspecified atom stereocenters. The van der Waals surface area contributed by atoms with Crippen LogP contribution in [0.5, 0.6) is 5.75 Å². The first kappa shape index (κ1) is 17.5. The summed E-state index contributed by atoms with van der Waals surface area (Å²) in [6.45, 7) is 1.19. The molecule has 3 N–H and O–H groups in total. The molecule has 85 valence electrons. The van der Waals surface area contributed by atoms with E-state index >= 15 is 0 Å². The molecule has 0 bridgehead atoms. The minimum Gasteiger partial charge on any atom is -0.668 e. The standard InChI is InChI=1S/C8H9NO2.C2H5NO.Y/c1-9-8(11)6-2-4-7(10)5-3-6;1-2(3)4;/h2-5,10H,1H3,(H,9,11);1H3,(H2,3,4);/p-1. The van der Waals surface area contributed by atoms with Gasteiger partial charge in [0.05, 0.1) is 0 Å². The van der Waals surface area contributed by atoms with E-state index in [0.29, 0.717) is 5.56 Å². The van der Waals surface area contributed by atoms with Crippen LogP contribution in [-0.2, 0) is 37.5 Å². The van der Waals surface area contributed by atoms with Crippen LogP contribution in [0.2, 0.25) is 0 Å². The molecule has 0 aliphatic rings. The minimum atomic E-state index is -0.583. The van der Waals surface area contributed by atoms with Gasteiger partial charge in [0, 0.05) is 51.2 Å². The van der Waals surface area contributed by atoms with Crippen LogP contribution in [-0.4, -0.2) is 24.0 Å². The maximum Gasteiger partial charge on any atom is 0.251 e. The van der Waals surface area contributed by atoms with Gasteiger partial charge in [-0.05, 0) is 31.2 Å².